The number of amides is 1. The van der Waals surface area contributed by atoms with Gasteiger partial charge in [0.1, 0.15) is 5.69 Å². The quantitative estimate of drug-likeness (QED) is 0.596. The number of aromatic nitrogens is 2. The summed E-state index contributed by atoms with van der Waals surface area (Å²) in [5, 5.41) is 8.57. The van der Waals surface area contributed by atoms with Gasteiger partial charge in [-0.1, -0.05) is 18.2 Å². The molecular weight excluding hydrogens is 372 g/mol. The first-order valence-electron chi connectivity index (χ1n) is 9.38. The number of furan rings is 1. The summed E-state index contributed by atoms with van der Waals surface area (Å²) < 4.78 is 5.34. The van der Waals surface area contributed by atoms with Crippen LogP contribution in [0.1, 0.15) is 6.42 Å². The van der Waals surface area contributed by atoms with E-state index >= 15 is 0 Å². The third kappa shape index (κ3) is 4.54. The fourth-order valence-electron chi connectivity index (χ4n) is 3.17. The molecule has 0 atom stereocenters. The number of benzene rings is 1. The van der Waals surface area contributed by atoms with Gasteiger partial charge in [0.2, 0.25) is 5.91 Å². The Morgan fingerprint density at radius 2 is 1.79 bits per heavy atom. The van der Waals surface area contributed by atoms with Gasteiger partial charge in [-0.3, -0.25) is 4.79 Å². The van der Waals surface area contributed by atoms with Gasteiger partial charge < -0.3 is 14.2 Å². The van der Waals surface area contributed by atoms with Crippen LogP contribution in [0.3, 0.4) is 0 Å². The molecular formula is C21H22N4O2S. The van der Waals surface area contributed by atoms with E-state index in [0.717, 1.165) is 43.4 Å². The Hall–Kier alpha value is -2.80. The molecule has 0 radical (unpaired) electrons. The predicted octanol–water partition coefficient (Wildman–Crippen LogP) is 3.57. The second-order valence-corrected chi connectivity index (χ2v) is 7.70. The van der Waals surface area contributed by atoms with Crippen LogP contribution in [0.2, 0.25) is 0 Å². The number of hydrogen-bond donors (Lipinski definition) is 0. The smallest absolute Gasteiger partial charge is 0.223 e. The molecule has 0 spiro atoms. The Kier molecular flexibility index (Phi) is 5.92. The molecule has 1 aliphatic heterocycles. The lowest BCUT2D eigenvalue weighted by molar-refractivity contribution is -0.131. The summed E-state index contributed by atoms with van der Waals surface area (Å²) >= 11 is 1.73. The van der Waals surface area contributed by atoms with Crippen LogP contribution in [0.5, 0.6) is 0 Å². The first kappa shape index (κ1) is 18.6. The van der Waals surface area contributed by atoms with Gasteiger partial charge in [-0.15, -0.1) is 22.0 Å². The van der Waals surface area contributed by atoms with Crippen molar-refractivity contribution in [3.63, 3.8) is 0 Å². The summed E-state index contributed by atoms with van der Waals surface area (Å²) in [6.45, 7) is 2.98. The molecule has 0 unspecified atom stereocenters. The number of piperazine rings is 1. The summed E-state index contributed by atoms with van der Waals surface area (Å²) in [5.41, 5.74) is 0.721. The van der Waals surface area contributed by atoms with Gasteiger partial charge in [0, 0.05) is 43.2 Å². The SMILES string of the molecule is O=C(CCSc1ccccc1)N1CCN(c2ccc(-c3ccco3)nn2)CC1. The van der Waals surface area contributed by atoms with E-state index in [-0.39, 0.29) is 5.91 Å². The van der Waals surface area contributed by atoms with E-state index in [4.69, 9.17) is 4.42 Å². The average molecular weight is 395 g/mol. The van der Waals surface area contributed by atoms with Crippen LogP contribution in [-0.2, 0) is 4.79 Å². The second kappa shape index (κ2) is 8.93. The summed E-state index contributed by atoms with van der Waals surface area (Å²) in [6, 6.07) is 17.8. The lowest BCUT2D eigenvalue weighted by Crippen LogP contribution is -2.49. The molecule has 1 aliphatic rings. The van der Waals surface area contributed by atoms with Crippen molar-refractivity contribution in [3.05, 3.63) is 60.9 Å². The molecule has 2 aromatic heterocycles. The van der Waals surface area contributed by atoms with E-state index in [1.165, 1.54) is 4.90 Å². The number of nitrogens with zero attached hydrogens (tertiary/aromatic N) is 4. The van der Waals surface area contributed by atoms with E-state index in [9.17, 15) is 4.79 Å². The van der Waals surface area contributed by atoms with E-state index in [2.05, 4.69) is 27.2 Å². The zero-order chi connectivity index (χ0) is 19.2. The fourth-order valence-corrected chi connectivity index (χ4v) is 4.03. The van der Waals surface area contributed by atoms with Crippen LogP contribution in [-0.4, -0.2) is 52.9 Å². The predicted molar refractivity (Wildman–Crippen MR) is 110 cm³/mol. The molecule has 28 heavy (non-hydrogen) atoms. The number of thioether (sulfide) groups is 1. The largest absolute Gasteiger partial charge is 0.463 e. The Bertz CT molecular complexity index is 877. The van der Waals surface area contributed by atoms with Crippen molar-refractivity contribution in [1.82, 2.24) is 15.1 Å². The zero-order valence-corrected chi connectivity index (χ0v) is 16.3. The number of carbonyl (C=O) groups is 1. The second-order valence-electron chi connectivity index (χ2n) is 6.53. The standard InChI is InChI=1S/C21H22N4O2S/c26-21(10-16-28-17-5-2-1-3-6-17)25-13-11-24(12-14-25)20-9-8-18(22-23-20)19-7-4-15-27-19/h1-9,15H,10-14,16H2. The van der Waals surface area contributed by atoms with Gasteiger partial charge in [0.15, 0.2) is 11.6 Å². The number of hydrogen-bond acceptors (Lipinski definition) is 6. The van der Waals surface area contributed by atoms with Crippen molar-refractivity contribution in [2.24, 2.45) is 0 Å². The topological polar surface area (TPSA) is 62.5 Å². The van der Waals surface area contributed by atoms with Gasteiger partial charge in [-0.05, 0) is 36.4 Å². The van der Waals surface area contributed by atoms with E-state index in [1.807, 2.05) is 47.4 Å². The molecule has 7 heteroatoms. The first-order chi connectivity index (χ1) is 13.8. The van der Waals surface area contributed by atoms with Crippen LogP contribution >= 0.6 is 11.8 Å². The maximum Gasteiger partial charge on any atom is 0.223 e. The Balaban J connectivity index is 1.24. The van der Waals surface area contributed by atoms with Gasteiger partial charge >= 0.3 is 0 Å². The summed E-state index contributed by atoms with van der Waals surface area (Å²) in [7, 11) is 0. The van der Waals surface area contributed by atoms with E-state index in [0.29, 0.717) is 12.2 Å². The minimum atomic E-state index is 0.224. The van der Waals surface area contributed by atoms with Crippen LogP contribution in [0, 0.1) is 0 Å². The first-order valence-corrected chi connectivity index (χ1v) is 10.4. The van der Waals surface area contributed by atoms with Crippen LogP contribution in [0.4, 0.5) is 5.82 Å². The minimum Gasteiger partial charge on any atom is -0.463 e. The van der Waals surface area contributed by atoms with Crippen molar-refractivity contribution < 1.29 is 9.21 Å². The fraction of sp³-hybridized carbons (Fsp3) is 0.286. The monoisotopic (exact) mass is 394 g/mol. The van der Waals surface area contributed by atoms with Gasteiger partial charge in [0.05, 0.1) is 6.26 Å². The van der Waals surface area contributed by atoms with Crippen molar-refractivity contribution in [2.45, 2.75) is 11.3 Å². The highest BCUT2D eigenvalue weighted by Gasteiger charge is 2.22. The molecule has 144 valence electrons. The van der Waals surface area contributed by atoms with Crippen molar-refractivity contribution in [3.8, 4) is 11.5 Å². The number of carbonyl (C=O) groups excluding carboxylic acids is 1. The average Bonchev–Trinajstić information content (AvgIpc) is 3.30. The minimum absolute atomic E-state index is 0.224. The molecule has 0 saturated carbocycles. The molecule has 6 nitrogen and oxygen atoms in total. The molecule has 4 rings (SSSR count). The lowest BCUT2D eigenvalue weighted by Gasteiger charge is -2.35. The summed E-state index contributed by atoms with van der Waals surface area (Å²) in [4.78, 5) is 17.8. The molecule has 3 aromatic rings. The molecule has 3 heterocycles. The Morgan fingerprint density at radius 3 is 2.46 bits per heavy atom. The number of rotatable bonds is 6. The van der Waals surface area contributed by atoms with E-state index < -0.39 is 0 Å². The molecule has 1 amide bonds. The van der Waals surface area contributed by atoms with Crippen molar-refractivity contribution in [1.29, 1.82) is 0 Å². The molecule has 1 aromatic carbocycles. The molecule has 0 N–H and O–H groups in total. The van der Waals surface area contributed by atoms with Crippen molar-refractivity contribution in [2.75, 3.05) is 36.8 Å². The zero-order valence-electron chi connectivity index (χ0n) is 15.5. The number of anilines is 1. The van der Waals surface area contributed by atoms with Crippen LogP contribution in [0.15, 0.2) is 70.2 Å². The molecule has 1 saturated heterocycles. The maximum absolute atomic E-state index is 12.5. The Labute approximate surface area is 168 Å². The maximum atomic E-state index is 12.5. The van der Waals surface area contributed by atoms with E-state index in [1.54, 1.807) is 18.0 Å². The highest BCUT2D eigenvalue weighted by atomic mass is 32.2. The summed E-state index contributed by atoms with van der Waals surface area (Å²) in [5.74, 6) is 2.58. The molecule has 1 fully saturated rings. The third-order valence-electron chi connectivity index (χ3n) is 4.71. The molecule has 0 bridgehead atoms. The highest BCUT2D eigenvalue weighted by molar-refractivity contribution is 7.99. The molecule has 0 aliphatic carbocycles. The van der Waals surface area contributed by atoms with Gasteiger partial charge in [-0.2, -0.15) is 0 Å². The van der Waals surface area contributed by atoms with Gasteiger partial charge in [-0.25, -0.2) is 0 Å². The summed E-state index contributed by atoms with van der Waals surface area (Å²) in [6.07, 6.45) is 2.19. The lowest BCUT2D eigenvalue weighted by atomic mass is 10.2. The Morgan fingerprint density at radius 1 is 0.964 bits per heavy atom. The van der Waals surface area contributed by atoms with Crippen LogP contribution < -0.4 is 4.90 Å². The highest BCUT2D eigenvalue weighted by Crippen LogP contribution is 2.21. The van der Waals surface area contributed by atoms with Gasteiger partial charge in [0.25, 0.3) is 0 Å². The van der Waals surface area contributed by atoms with Crippen LogP contribution in [0.25, 0.3) is 11.5 Å². The van der Waals surface area contributed by atoms with Crippen molar-refractivity contribution >= 4 is 23.5 Å². The normalized spacial score (nSPS) is 14.3. The third-order valence-corrected chi connectivity index (χ3v) is 5.72.